The fourth-order valence-corrected chi connectivity index (χ4v) is 2.20. The number of ketones is 1. The van der Waals surface area contributed by atoms with E-state index in [1.54, 1.807) is 0 Å². The van der Waals surface area contributed by atoms with Gasteiger partial charge in [-0.15, -0.1) is 12.4 Å². The van der Waals surface area contributed by atoms with Crippen LogP contribution in [0, 0.1) is 6.92 Å². The van der Waals surface area contributed by atoms with Crippen LogP contribution in [-0.4, -0.2) is 29.3 Å². The number of hydrogen-bond donors (Lipinski definition) is 3. The highest BCUT2D eigenvalue weighted by Gasteiger charge is 2.21. The number of hydrogen-bond acceptors (Lipinski definition) is 3. The van der Waals surface area contributed by atoms with Crippen LogP contribution in [0.25, 0.3) is 0 Å². The lowest BCUT2D eigenvalue weighted by atomic mass is 10.0. The second-order valence-corrected chi connectivity index (χ2v) is 4.91. The number of H-pyrrole nitrogens is 1. The van der Waals surface area contributed by atoms with Crippen LogP contribution >= 0.6 is 12.4 Å². The molecule has 1 heterocycles. The smallest absolute Gasteiger partial charge is 0.268 e. The van der Waals surface area contributed by atoms with E-state index in [-0.39, 0.29) is 30.1 Å². The number of amides is 1. The van der Waals surface area contributed by atoms with Gasteiger partial charge in [-0.05, 0) is 39.2 Å². The molecule has 0 spiro atoms. The molecule has 0 aliphatic rings. The Hall–Kier alpha value is -1.33. The molecule has 20 heavy (non-hydrogen) atoms. The summed E-state index contributed by atoms with van der Waals surface area (Å²) in [7, 11) is 0. The van der Waals surface area contributed by atoms with Gasteiger partial charge in [-0.1, -0.05) is 6.92 Å². The summed E-state index contributed by atoms with van der Waals surface area (Å²) >= 11 is 0. The van der Waals surface area contributed by atoms with Crippen molar-refractivity contribution in [1.29, 1.82) is 0 Å². The minimum atomic E-state index is -0.173. The number of aryl methyl sites for hydroxylation is 1. The first-order valence-corrected chi connectivity index (χ1v) is 6.64. The molecule has 0 radical (unpaired) electrons. The number of nitrogens with two attached hydrogens (primary N) is 1. The van der Waals surface area contributed by atoms with E-state index in [4.69, 9.17) is 5.73 Å². The zero-order valence-corrected chi connectivity index (χ0v) is 13.3. The standard InChI is InChI=1S/C14H23N3O2.ClH/c1-5-11-12(10(4)18)9(3)17-13(11)14(19)16-7-6-8(2)15;/h8,17H,5-7,15H2,1-4H3,(H,16,19);1H. The van der Waals surface area contributed by atoms with Crippen molar-refractivity contribution in [3.8, 4) is 0 Å². The van der Waals surface area contributed by atoms with Crippen LogP contribution < -0.4 is 11.1 Å². The molecule has 114 valence electrons. The second kappa shape index (κ2) is 8.07. The monoisotopic (exact) mass is 301 g/mol. The van der Waals surface area contributed by atoms with E-state index in [2.05, 4.69) is 10.3 Å². The van der Waals surface area contributed by atoms with Crippen molar-refractivity contribution in [2.45, 2.75) is 46.6 Å². The van der Waals surface area contributed by atoms with Crippen LogP contribution in [0.1, 0.15) is 59.3 Å². The Balaban J connectivity index is 0.00000361. The Bertz CT molecular complexity index is 481. The number of aromatic amines is 1. The average Bonchev–Trinajstić information content (AvgIpc) is 2.65. The number of aromatic nitrogens is 1. The summed E-state index contributed by atoms with van der Waals surface area (Å²) < 4.78 is 0. The highest BCUT2D eigenvalue weighted by molar-refractivity contribution is 6.02. The summed E-state index contributed by atoms with van der Waals surface area (Å²) in [5.41, 5.74) is 8.32. The van der Waals surface area contributed by atoms with Crippen LogP contribution in [0.5, 0.6) is 0 Å². The van der Waals surface area contributed by atoms with E-state index in [0.29, 0.717) is 24.2 Å². The van der Waals surface area contributed by atoms with Crippen molar-refractivity contribution in [2.75, 3.05) is 6.54 Å². The number of rotatable bonds is 6. The van der Waals surface area contributed by atoms with Crippen LogP contribution in [0.2, 0.25) is 0 Å². The van der Waals surface area contributed by atoms with Crippen molar-refractivity contribution in [2.24, 2.45) is 5.73 Å². The molecule has 0 saturated carbocycles. The summed E-state index contributed by atoms with van der Waals surface area (Å²) in [6.07, 6.45) is 1.38. The van der Waals surface area contributed by atoms with Gasteiger partial charge in [0.1, 0.15) is 5.69 Å². The van der Waals surface area contributed by atoms with Gasteiger partial charge in [0.25, 0.3) is 5.91 Å². The molecule has 0 aliphatic carbocycles. The van der Waals surface area contributed by atoms with Crippen molar-refractivity contribution in [3.63, 3.8) is 0 Å². The van der Waals surface area contributed by atoms with E-state index in [9.17, 15) is 9.59 Å². The highest BCUT2D eigenvalue weighted by atomic mass is 35.5. The van der Waals surface area contributed by atoms with Gasteiger partial charge in [0.2, 0.25) is 0 Å². The van der Waals surface area contributed by atoms with Gasteiger partial charge in [-0.3, -0.25) is 9.59 Å². The van der Waals surface area contributed by atoms with Gasteiger partial charge in [0.15, 0.2) is 5.78 Å². The summed E-state index contributed by atoms with van der Waals surface area (Å²) in [6, 6.07) is 0.0594. The predicted molar refractivity (Wildman–Crippen MR) is 82.8 cm³/mol. The van der Waals surface area contributed by atoms with Gasteiger partial charge < -0.3 is 16.0 Å². The molecule has 1 atom stereocenters. The van der Waals surface area contributed by atoms with E-state index in [0.717, 1.165) is 17.7 Å². The Kier molecular flexibility index (Phi) is 7.53. The summed E-state index contributed by atoms with van der Waals surface area (Å²) in [4.78, 5) is 26.7. The number of carbonyl (C=O) groups excluding carboxylic acids is 2. The Morgan fingerprint density at radius 2 is 2.00 bits per heavy atom. The number of nitrogens with one attached hydrogen (secondary N) is 2. The topological polar surface area (TPSA) is 88.0 Å². The molecule has 4 N–H and O–H groups in total. The van der Waals surface area contributed by atoms with E-state index in [1.807, 2.05) is 20.8 Å². The van der Waals surface area contributed by atoms with Gasteiger partial charge in [-0.2, -0.15) is 0 Å². The first kappa shape index (κ1) is 18.7. The van der Waals surface area contributed by atoms with Crippen molar-refractivity contribution in [1.82, 2.24) is 10.3 Å². The SMILES string of the molecule is CCc1c(C(=O)NCCC(C)N)[nH]c(C)c1C(C)=O.Cl. The quantitative estimate of drug-likeness (QED) is 0.702. The molecule has 0 fully saturated rings. The molecular weight excluding hydrogens is 278 g/mol. The van der Waals surface area contributed by atoms with Gasteiger partial charge in [0, 0.05) is 23.8 Å². The van der Waals surface area contributed by atoms with Gasteiger partial charge >= 0.3 is 0 Å². The molecule has 0 saturated heterocycles. The van der Waals surface area contributed by atoms with Crippen molar-refractivity contribution < 1.29 is 9.59 Å². The highest BCUT2D eigenvalue weighted by Crippen LogP contribution is 2.20. The molecule has 1 amide bonds. The zero-order valence-electron chi connectivity index (χ0n) is 12.5. The second-order valence-electron chi connectivity index (χ2n) is 4.91. The Labute approximate surface area is 126 Å². The van der Waals surface area contributed by atoms with Crippen LogP contribution in [-0.2, 0) is 6.42 Å². The zero-order chi connectivity index (χ0) is 14.6. The lowest BCUT2D eigenvalue weighted by molar-refractivity contribution is 0.0947. The van der Waals surface area contributed by atoms with Crippen LogP contribution in [0.15, 0.2) is 0 Å². The fourth-order valence-electron chi connectivity index (χ4n) is 2.20. The molecule has 0 aromatic carbocycles. The largest absolute Gasteiger partial charge is 0.354 e. The third kappa shape index (κ3) is 4.35. The number of halogens is 1. The maximum absolute atomic E-state index is 12.1. The molecule has 0 bridgehead atoms. The molecule has 0 aliphatic heterocycles. The van der Waals surface area contributed by atoms with Crippen LogP contribution in [0.3, 0.4) is 0 Å². The third-order valence-corrected chi connectivity index (χ3v) is 3.11. The molecule has 1 unspecified atom stereocenters. The van der Waals surface area contributed by atoms with E-state index in [1.165, 1.54) is 6.92 Å². The number of Topliss-reactive ketones (excluding diaryl/α,β-unsaturated/α-hetero) is 1. The van der Waals surface area contributed by atoms with E-state index >= 15 is 0 Å². The van der Waals surface area contributed by atoms with Crippen LogP contribution in [0.4, 0.5) is 0 Å². The molecule has 1 aromatic heterocycles. The summed E-state index contributed by atoms with van der Waals surface area (Å²) in [6.45, 7) is 7.71. The summed E-state index contributed by atoms with van der Waals surface area (Å²) in [5, 5.41) is 2.82. The first-order chi connectivity index (χ1) is 8.88. The molecule has 5 nitrogen and oxygen atoms in total. The first-order valence-electron chi connectivity index (χ1n) is 6.64. The predicted octanol–water partition coefficient (Wildman–Crippen LogP) is 1.98. The molecular formula is C14H24ClN3O2. The molecule has 1 rings (SSSR count). The Morgan fingerprint density at radius 1 is 1.40 bits per heavy atom. The van der Waals surface area contributed by atoms with Crippen molar-refractivity contribution in [3.05, 3.63) is 22.5 Å². The summed E-state index contributed by atoms with van der Waals surface area (Å²) in [5.74, 6) is -0.187. The lowest BCUT2D eigenvalue weighted by Crippen LogP contribution is -2.29. The molecule has 6 heteroatoms. The molecule has 1 aromatic rings. The maximum Gasteiger partial charge on any atom is 0.268 e. The van der Waals surface area contributed by atoms with E-state index < -0.39 is 0 Å². The average molecular weight is 302 g/mol. The third-order valence-electron chi connectivity index (χ3n) is 3.11. The van der Waals surface area contributed by atoms with Gasteiger partial charge in [-0.25, -0.2) is 0 Å². The lowest BCUT2D eigenvalue weighted by Gasteiger charge is -2.07. The normalized spacial score (nSPS) is 11.7. The fraction of sp³-hybridized carbons (Fsp3) is 0.571. The Morgan fingerprint density at radius 3 is 2.45 bits per heavy atom. The minimum absolute atomic E-state index is 0. The maximum atomic E-state index is 12.1. The minimum Gasteiger partial charge on any atom is -0.354 e. The van der Waals surface area contributed by atoms with Gasteiger partial charge in [0.05, 0.1) is 0 Å². The van der Waals surface area contributed by atoms with Crippen molar-refractivity contribution >= 4 is 24.1 Å². The number of carbonyl (C=O) groups is 2.